The molecule has 27 heavy (non-hydrogen) atoms. The summed E-state index contributed by atoms with van der Waals surface area (Å²) in [6.07, 6.45) is 3.78. The minimum atomic E-state index is -1.19. The molecule has 0 N–H and O–H groups in total. The minimum absolute atomic E-state index is 0.145. The van der Waals surface area contributed by atoms with Gasteiger partial charge in [-0.15, -0.1) is 0 Å². The van der Waals surface area contributed by atoms with Gasteiger partial charge in [-0.25, -0.2) is 0 Å². The van der Waals surface area contributed by atoms with Crippen molar-refractivity contribution in [2.75, 3.05) is 13.7 Å². The number of halogens is 1. The molecule has 0 spiro atoms. The summed E-state index contributed by atoms with van der Waals surface area (Å²) in [6, 6.07) is 5.26. The molecule has 146 valence electrons. The van der Waals surface area contributed by atoms with Crippen molar-refractivity contribution >= 4 is 33.8 Å². The van der Waals surface area contributed by atoms with E-state index in [0.29, 0.717) is 24.2 Å². The molecule has 6 nitrogen and oxygen atoms in total. The van der Waals surface area contributed by atoms with Gasteiger partial charge >= 0.3 is 17.9 Å². The van der Waals surface area contributed by atoms with Crippen LogP contribution in [0.3, 0.4) is 0 Å². The van der Waals surface area contributed by atoms with E-state index in [1.54, 1.807) is 19.1 Å². The van der Waals surface area contributed by atoms with Crippen molar-refractivity contribution in [2.45, 2.75) is 44.9 Å². The van der Waals surface area contributed by atoms with Crippen molar-refractivity contribution in [2.24, 2.45) is 11.3 Å². The molecule has 0 radical (unpaired) electrons. The Morgan fingerprint density at radius 2 is 1.96 bits per heavy atom. The molecule has 2 aliphatic rings. The number of methoxy groups -OCH3 is 1. The first-order chi connectivity index (χ1) is 12.9. The summed E-state index contributed by atoms with van der Waals surface area (Å²) < 4.78 is 16.5. The molecule has 1 fully saturated rings. The molecular weight excluding hydrogens is 416 g/mol. The van der Waals surface area contributed by atoms with Gasteiger partial charge in [-0.05, 0) is 38.0 Å². The fourth-order valence-corrected chi connectivity index (χ4v) is 4.83. The van der Waals surface area contributed by atoms with E-state index in [4.69, 9.17) is 14.2 Å². The van der Waals surface area contributed by atoms with E-state index < -0.39 is 29.2 Å². The smallest absolute Gasteiger partial charge is 0.326 e. The number of carbonyl (C=O) groups is 3. The third-order valence-electron chi connectivity index (χ3n) is 5.58. The number of ether oxygens (including phenoxy) is 3. The van der Waals surface area contributed by atoms with Crippen LogP contribution in [0.5, 0.6) is 5.75 Å². The predicted octanol–water partition coefficient (Wildman–Crippen LogP) is 3.75. The van der Waals surface area contributed by atoms with E-state index >= 15 is 0 Å². The summed E-state index contributed by atoms with van der Waals surface area (Å²) >= 11 is 3.44. The number of esters is 3. The Labute approximate surface area is 166 Å². The second-order valence-corrected chi connectivity index (χ2v) is 7.93. The number of hydrogen-bond donors (Lipinski definition) is 0. The third kappa shape index (κ3) is 3.49. The molecular formula is C20H23BrO6. The normalized spacial score (nSPS) is 23.7. The van der Waals surface area contributed by atoms with E-state index in [1.807, 2.05) is 6.07 Å². The van der Waals surface area contributed by atoms with Crippen molar-refractivity contribution in [3.8, 4) is 5.75 Å². The molecule has 7 heteroatoms. The van der Waals surface area contributed by atoms with Gasteiger partial charge in [0.25, 0.3) is 0 Å². The monoisotopic (exact) mass is 438 g/mol. The van der Waals surface area contributed by atoms with Crippen LogP contribution in [-0.2, 0) is 23.9 Å². The Balaban J connectivity index is 2.21. The van der Waals surface area contributed by atoms with Crippen LogP contribution >= 0.6 is 15.9 Å². The molecule has 2 atom stereocenters. The van der Waals surface area contributed by atoms with Crippen molar-refractivity contribution in [3.63, 3.8) is 0 Å². The Morgan fingerprint density at radius 3 is 2.59 bits per heavy atom. The van der Waals surface area contributed by atoms with Crippen molar-refractivity contribution in [1.82, 2.24) is 0 Å². The quantitative estimate of drug-likeness (QED) is 0.404. The van der Waals surface area contributed by atoms with Crippen LogP contribution in [0, 0.1) is 11.3 Å². The molecule has 0 unspecified atom stereocenters. The van der Waals surface area contributed by atoms with E-state index in [-0.39, 0.29) is 12.6 Å². The van der Waals surface area contributed by atoms with Gasteiger partial charge in [0.05, 0.1) is 19.1 Å². The van der Waals surface area contributed by atoms with Gasteiger partial charge in [-0.1, -0.05) is 35.2 Å². The summed E-state index contributed by atoms with van der Waals surface area (Å²) in [5.41, 5.74) is -0.298. The highest BCUT2D eigenvalue weighted by Crippen LogP contribution is 2.55. The van der Waals surface area contributed by atoms with E-state index in [9.17, 15) is 14.4 Å². The lowest BCUT2D eigenvalue weighted by Gasteiger charge is -2.45. The Hall–Kier alpha value is -1.89. The molecule has 1 aromatic carbocycles. The number of benzene rings is 1. The summed E-state index contributed by atoms with van der Waals surface area (Å²) in [5.74, 6) is -3.22. The van der Waals surface area contributed by atoms with Crippen LogP contribution in [0.2, 0.25) is 0 Å². The molecule has 0 amide bonds. The average Bonchev–Trinajstić information content (AvgIpc) is 2.67. The van der Waals surface area contributed by atoms with Crippen LogP contribution in [0.25, 0.3) is 0 Å². The van der Waals surface area contributed by atoms with Crippen LogP contribution < -0.4 is 4.74 Å². The molecule has 1 aliphatic heterocycles. The average molecular weight is 439 g/mol. The summed E-state index contributed by atoms with van der Waals surface area (Å²) in [4.78, 5) is 38.5. The van der Waals surface area contributed by atoms with Gasteiger partial charge < -0.3 is 14.2 Å². The number of carbonyl (C=O) groups excluding carboxylic acids is 3. The Bertz CT molecular complexity index is 753. The summed E-state index contributed by atoms with van der Waals surface area (Å²) in [5, 5.41) is 0. The number of hydrogen-bond acceptors (Lipinski definition) is 6. The second kappa shape index (κ2) is 8.00. The first-order valence-electron chi connectivity index (χ1n) is 9.21. The lowest BCUT2D eigenvalue weighted by molar-refractivity contribution is -0.168. The number of fused-ring (bicyclic) bond motifs is 1. The second-order valence-electron chi connectivity index (χ2n) is 7.02. The zero-order valence-electron chi connectivity index (χ0n) is 15.5. The lowest BCUT2D eigenvalue weighted by Crippen LogP contribution is -2.50. The maximum Gasteiger partial charge on any atom is 0.326 e. The van der Waals surface area contributed by atoms with Gasteiger partial charge in [-0.2, -0.15) is 0 Å². The van der Waals surface area contributed by atoms with Gasteiger partial charge in [0.1, 0.15) is 5.75 Å². The van der Waals surface area contributed by atoms with Crippen LogP contribution in [-0.4, -0.2) is 31.6 Å². The highest BCUT2D eigenvalue weighted by atomic mass is 79.9. The van der Waals surface area contributed by atoms with Crippen LogP contribution in [0.4, 0.5) is 0 Å². The largest absolute Gasteiger partial charge is 0.469 e. The summed E-state index contributed by atoms with van der Waals surface area (Å²) in [6.45, 7) is 1.83. The maximum atomic E-state index is 13.0. The highest BCUT2D eigenvalue weighted by molar-refractivity contribution is 9.10. The first kappa shape index (κ1) is 19.9. The molecule has 1 aliphatic carbocycles. The van der Waals surface area contributed by atoms with E-state index in [0.717, 1.165) is 23.7 Å². The lowest BCUT2D eigenvalue weighted by atomic mass is 9.59. The zero-order chi connectivity index (χ0) is 19.6. The zero-order valence-corrected chi connectivity index (χ0v) is 17.0. The molecule has 1 aromatic rings. The molecule has 1 saturated carbocycles. The molecule has 0 aromatic heterocycles. The number of rotatable bonds is 4. The van der Waals surface area contributed by atoms with Crippen molar-refractivity contribution in [3.05, 3.63) is 28.2 Å². The minimum Gasteiger partial charge on any atom is -0.469 e. The van der Waals surface area contributed by atoms with Crippen molar-refractivity contribution < 1.29 is 28.6 Å². The topological polar surface area (TPSA) is 78.9 Å². The Kier molecular flexibility index (Phi) is 5.89. The van der Waals surface area contributed by atoms with Crippen molar-refractivity contribution in [1.29, 1.82) is 0 Å². The maximum absolute atomic E-state index is 13.0. The predicted molar refractivity (Wildman–Crippen MR) is 100 cm³/mol. The summed E-state index contributed by atoms with van der Waals surface area (Å²) in [7, 11) is 1.35. The molecule has 1 heterocycles. The molecule has 0 bridgehead atoms. The van der Waals surface area contributed by atoms with E-state index in [2.05, 4.69) is 15.9 Å². The van der Waals surface area contributed by atoms with Crippen LogP contribution in [0.15, 0.2) is 22.7 Å². The standard InChI is InChI=1S/C20H23BrO6/c1-3-26-17(22)15-16(20(19(24)25-2)9-5-4-6-10-20)13-11-12(21)7-8-14(13)27-18(15)23/h7-8,11,15-16H,3-6,9-10H2,1-2H3/t15-,16-/m0/s1. The Morgan fingerprint density at radius 1 is 1.26 bits per heavy atom. The van der Waals surface area contributed by atoms with Gasteiger partial charge in [0.2, 0.25) is 0 Å². The fourth-order valence-electron chi connectivity index (χ4n) is 4.45. The van der Waals surface area contributed by atoms with Gasteiger partial charge in [-0.3, -0.25) is 14.4 Å². The van der Waals surface area contributed by atoms with Crippen LogP contribution in [0.1, 0.15) is 50.5 Å². The van der Waals surface area contributed by atoms with Gasteiger partial charge in [0.15, 0.2) is 5.92 Å². The van der Waals surface area contributed by atoms with E-state index in [1.165, 1.54) is 7.11 Å². The SMILES string of the molecule is CCOC(=O)[C@H]1C(=O)Oc2ccc(Br)cc2[C@@H]1C1(C(=O)OC)CCCCC1. The van der Waals surface area contributed by atoms with Gasteiger partial charge in [0, 0.05) is 16.0 Å². The molecule has 3 rings (SSSR count). The highest BCUT2D eigenvalue weighted by Gasteiger charge is 2.58. The molecule has 0 saturated heterocycles. The fraction of sp³-hybridized carbons (Fsp3) is 0.550. The first-order valence-corrected chi connectivity index (χ1v) is 10.00. The third-order valence-corrected chi connectivity index (χ3v) is 6.07.